The SMILES string of the molecule is CN(CCCl)CCCN1c2ccccc2Sc2ccccc21. The standard InChI is InChI=1S/C18H21ClN2S/c1-20(14-11-19)12-6-13-21-15-7-2-4-9-17(15)22-18-10-5-3-8-16(18)21/h2-5,7-10H,6,11-14H2,1H3. The molecular formula is C18H21ClN2S. The molecule has 1 aliphatic rings. The second-order valence-corrected chi connectivity index (χ2v) is 7.00. The van der Waals surface area contributed by atoms with Gasteiger partial charge in [0.2, 0.25) is 0 Å². The molecule has 2 aromatic carbocycles. The number of para-hydroxylation sites is 2. The van der Waals surface area contributed by atoms with Gasteiger partial charge in [0.25, 0.3) is 0 Å². The van der Waals surface area contributed by atoms with Gasteiger partial charge in [-0.25, -0.2) is 0 Å². The van der Waals surface area contributed by atoms with Crippen LogP contribution in [0.5, 0.6) is 0 Å². The van der Waals surface area contributed by atoms with Gasteiger partial charge in [0.05, 0.1) is 11.4 Å². The Balaban J connectivity index is 1.78. The summed E-state index contributed by atoms with van der Waals surface area (Å²) in [5.74, 6) is 0.697. The van der Waals surface area contributed by atoms with E-state index in [2.05, 4.69) is 65.4 Å². The van der Waals surface area contributed by atoms with Crippen molar-refractivity contribution < 1.29 is 0 Å². The van der Waals surface area contributed by atoms with Crippen LogP contribution in [0.15, 0.2) is 58.3 Å². The molecule has 0 bridgehead atoms. The molecule has 0 atom stereocenters. The third-order valence-corrected chi connectivity index (χ3v) is 5.22. The molecule has 0 radical (unpaired) electrons. The maximum Gasteiger partial charge on any atom is 0.0552 e. The topological polar surface area (TPSA) is 6.48 Å². The van der Waals surface area contributed by atoms with Crippen LogP contribution in [-0.2, 0) is 0 Å². The number of nitrogens with zero attached hydrogens (tertiary/aromatic N) is 2. The van der Waals surface area contributed by atoms with E-state index in [9.17, 15) is 0 Å². The van der Waals surface area contributed by atoms with E-state index in [0.717, 1.165) is 26.1 Å². The van der Waals surface area contributed by atoms with E-state index < -0.39 is 0 Å². The molecule has 0 aromatic heterocycles. The zero-order valence-electron chi connectivity index (χ0n) is 12.8. The van der Waals surface area contributed by atoms with E-state index in [1.54, 1.807) is 0 Å². The van der Waals surface area contributed by atoms with Gasteiger partial charge >= 0.3 is 0 Å². The lowest BCUT2D eigenvalue weighted by Crippen LogP contribution is -2.27. The second kappa shape index (κ2) is 7.40. The molecule has 0 spiro atoms. The van der Waals surface area contributed by atoms with E-state index >= 15 is 0 Å². The van der Waals surface area contributed by atoms with Crippen LogP contribution in [0.25, 0.3) is 0 Å². The Morgan fingerprint density at radius 3 is 2.14 bits per heavy atom. The summed E-state index contributed by atoms with van der Waals surface area (Å²) in [4.78, 5) is 7.43. The lowest BCUT2D eigenvalue weighted by Gasteiger charge is -2.33. The van der Waals surface area contributed by atoms with Crippen molar-refractivity contribution in [1.29, 1.82) is 0 Å². The van der Waals surface area contributed by atoms with Gasteiger partial charge in [-0.3, -0.25) is 0 Å². The van der Waals surface area contributed by atoms with Gasteiger partial charge in [0, 0.05) is 28.8 Å². The largest absolute Gasteiger partial charge is 0.340 e. The van der Waals surface area contributed by atoms with Crippen molar-refractivity contribution >= 4 is 34.7 Å². The number of anilines is 2. The summed E-state index contributed by atoms with van der Waals surface area (Å²) in [5, 5.41) is 0. The predicted molar refractivity (Wildman–Crippen MR) is 96.8 cm³/mol. The van der Waals surface area contributed by atoms with Gasteiger partial charge in [-0.15, -0.1) is 11.6 Å². The summed E-state index contributed by atoms with van der Waals surface area (Å²) in [7, 11) is 2.14. The first kappa shape index (κ1) is 15.7. The number of alkyl halides is 1. The maximum absolute atomic E-state index is 5.80. The van der Waals surface area contributed by atoms with Crippen LogP contribution in [0.4, 0.5) is 11.4 Å². The predicted octanol–water partition coefficient (Wildman–Crippen LogP) is 4.85. The number of fused-ring (bicyclic) bond motifs is 2. The Hall–Kier alpha value is -1.16. The van der Waals surface area contributed by atoms with Crippen molar-refractivity contribution in [2.75, 3.05) is 37.5 Å². The number of halogens is 1. The Morgan fingerprint density at radius 1 is 0.955 bits per heavy atom. The fraction of sp³-hybridized carbons (Fsp3) is 0.333. The number of benzene rings is 2. The first-order valence-corrected chi connectivity index (χ1v) is 9.02. The van der Waals surface area contributed by atoms with Crippen molar-refractivity contribution in [3.8, 4) is 0 Å². The molecule has 0 unspecified atom stereocenters. The molecule has 2 nitrogen and oxygen atoms in total. The third-order valence-electron chi connectivity index (χ3n) is 3.92. The van der Waals surface area contributed by atoms with Crippen molar-refractivity contribution in [2.24, 2.45) is 0 Å². The summed E-state index contributed by atoms with van der Waals surface area (Å²) >= 11 is 7.67. The monoisotopic (exact) mass is 332 g/mol. The van der Waals surface area contributed by atoms with Crippen LogP contribution in [0.2, 0.25) is 0 Å². The molecule has 2 aromatic rings. The van der Waals surface area contributed by atoms with Gasteiger partial charge in [0.15, 0.2) is 0 Å². The summed E-state index contributed by atoms with van der Waals surface area (Å²) in [6.45, 7) is 3.05. The summed E-state index contributed by atoms with van der Waals surface area (Å²) in [6, 6.07) is 17.4. The van der Waals surface area contributed by atoms with E-state index in [-0.39, 0.29) is 0 Å². The van der Waals surface area contributed by atoms with Crippen molar-refractivity contribution in [1.82, 2.24) is 4.90 Å². The zero-order valence-corrected chi connectivity index (χ0v) is 14.4. The third kappa shape index (κ3) is 3.43. The molecule has 0 saturated heterocycles. The van der Waals surface area contributed by atoms with Crippen LogP contribution < -0.4 is 4.90 Å². The molecule has 0 fully saturated rings. The van der Waals surface area contributed by atoms with Crippen molar-refractivity contribution in [3.63, 3.8) is 0 Å². The fourth-order valence-electron chi connectivity index (χ4n) is 2.78. The second-order valence-electron chi connectivity index (χ2n) is 5.53. The molecule has 1 aliphatic heterocycles. The van der Waals surface area contributed by atoms with Gasteiger partial charge in [-0.2, -0.15) is 0 Å². The highest BCUT2D eigenvalue weighted by molar-refractivity contribution is 7.99. The first-order valence-electron chi connectivity index (χ1n) is 7.67. The van der Waals surface area contributed by atoms with Gasteiger partial charge in [-0.1, -0.05) is 36.0 Å². The normalized spacial score (nSPS) is 13.1. The Morgan fingerprint density at radius 2 is 1.55 bits per heavy atom. The molecule has 0 saturated carbocycles. The van der Waals surface area contributed by atoms with Gasteiger partial charge < -0.3 is 9.80 Å². The van der Waals surface area contributed by atoms with Gasteiger partial charge in [-0.05, 0) is 44.3 Å². The van der Waals surface area contributed by atoms with Crippen LogP contribution in [0, 0.1) is 0 Å². The van der Waals surface area contributed by atoms with Crippen LogP contribution in [0.1, 0.15) is 6.42 Å². The van der Waals surface area contributed by atoms with Crippen LogP contribution >= 0.6 is 23.4 Å². The number of hydrogen-bond donors (Lipinski definition) is 0. The van der Waals surface area contributed by atoms with Crippen LogP contribution in [-0.4, -0.2) is 37.5 Å². The smallest absolute Gasteiger partial charge is 0.0552 e. The Labute approximate surface area is 142 Å². The Bertz CT molecular complexity index is 586. The summed E-state index contributed by atoms with van der Waals surface area (Å²) in [6.07, 6.45) is 1.13. The van der Waals surface area contributed by atoms with E-state index in [0.29, 0.717) is 5.88 Å². The number of hydrogen-bond acceptors (Lipinski definition) is 3. The highest BCUT2D eigenvalue weighted by Crippen LogP contribution is 2.47. The lowest BCUT2D eigenvalue weighted by molar-refractivity contribution is 0.351. The molecule has 0 amide bonds. The fourth-order valence-corrected chi connectivity index (χ4v) is 4.16. The van der Waals surface area contributed by atoms with E-state index in [4.69, 9.17) is 11.6 Å². The molecule has 0 N–H and O–H groups in total. The minimum absolute atomic E-state index is 0.697. The van der Waals surface area contributed by atoms with Crippen LogP contribution in [0.3, 0.4) is 0 Å². The Kier molecular flexibility index (Phi) is 5.29. The molecular weight excluding hydrogens is 312 g/mol. The molecule has 116 valence electrons. The van der Waals surface area contributed by atoms with Crippen molar-refractivity contribution in [3.05, 3.63) is 48.5 Å². The van der Waals surface area contributed by atoms with Gasteiger partial charge in [0.1, 0.15) is 0 Å². The highest BCUT2D eigenvalue weighted by Gasteiger charge is 2.22. The maximum atomic E-state index is 5.80. The quantitative estimate of drug-likeness (QED) is 0.698. The average molecular weight is 333 g/mol. The van der Waals surface area contributed by atoms with Crippen molar-refractivity contribution in [2.45, 2.75) is 16.2 Å². The van der Waals surface area contributed by atoms with E-state index in [1.807, 2.05) is 11.8 Å². The summed E-state index contributed by atoms with van der Waals surface area (Å²) in [5.41, 5.74) is 2.65. The molecule has 3 rings (SSSR count). The minimum atomic E-state index is 0.697. The highest BCUT2D eigenvalue weighted by atomic mass is 35.5. The molecule has 4 heteroatoms. The zero-order chi connectivity index (χ0) is 15.4. The van der Waals surface area contributed by atoms with E-state index in [1.165, 1.54) is 21.2 Å². The minimum Gasteiger partial charge on any atom is -0.340 e. The molecule has 22 heavy (non-hydrogen) atoms. The molecule has 0 aliphatic carbocycles. The lowest BCUT2D eigenvalue weighted by atomic mass is 10.2. The summed E-state index contributed by atoms with van der Waals surface area (Å²) < 4.78 is 0. The first-order chi connectivity index (χ1) is 10.8. The molecule has 1 heterocycles. The number of rotatable bonds is 6. The average Bonchev–Trinajstić information content (AvgIpc) is 2.54.